The molecule has 1 saturated heterocycles. The molecule has 262 valence electrons. The van der Waals surface area contributed by atoms with Gasteiger partial charge in [0.05, 0.1) is 18.4 Å². The highest BCUT2D eigenvalue weighted by atomic mass is 32.2. The Balaban J connectivity index is 1.33. The molecule has 2 aliphatic carbocycles. The standard InChI is InChI=1S/C35H43N5O8S/c1-5-23-19-35(23,32(43)39-49(45,46)25-12-13-25)38-29(41)27-18-24-20-40(27)31(42)28(34(2,3)4)37-33(44)47-16-8-6-7-9-21-10-11-22-14-15-36-30(48-24)26(22)17-21/h5,7,9-11,14-15,17,23-25,27-28H,1,6,8,12-13,16,18-20H2,2-4H3,(H,37,44)(H,38,41)(H,39,43)/b9-7+/t23-,24+,27-,28+,35+/m0/s1. The summed E-state index contributed by atoms with van der Waals surface area (Å²) in [5, 5.41) is 6.53. The van der Waals surface area contributed by atoms with Crippen molar-refractivity contribution in [2.45, 2.75) is 88.3 Å². The van der Waals surface area contributed by atoms with Gasteiger partial charge in [0.25, 0.3) is 5.91 Å². The zero-order valence-electron chi connectivity index (χ0n) is 27.9. The van der Waals surface area contributed by atoms with Gasteiger partial charge in [-0.2, -0.15) is 0 Å². The summed E-state index contributed by atoms with van der Waals surface area (Å²) in [4.78, 5) is 60.7. The Bertz CT molecular complexity index is 1820. The summed E-state index contributed by atoms with van der Waals surface area (Å²) in [6.45, 7) is 9.27. The third kappa shape index (κ3) is 7.29. The summed E-state index contributed by atoms with van der Waals surface area (Å²) in [6, 6.07) is 5.57. The van der Waals surface area contributed by atoms with Gasteiger partial charge in [-0.1, -0.05) is 51.1 Å². The normalized spacial score (nSPS) is 28.3. The molecule has 6 rings (SSSR count). The van der Waals surface area contributed by atoms with Crippen molar-refractivity contribution in [3.63, 3.8) is 0 Å². The molecule has 13 nitrogen and oxygen atoms in total. The predicted octanol–water partition coefficient (Wildman–Crippen LogP) is 3.20. The number of sulfonamides is 1. The van der Waals surface area contributed by atoms with Crippen molar-refractivity contribution in [2.75, 3.05) is 13.2 Å². The Morgan fingerprint density at radius 3 is 2.65 bits per heavy atom. The van der Waals surface area contributed by atoms with Gasteiger partial charge >= 0.3 is 6.09 Å². The van der Waals surface area contributed by atoms with Gasteiger partial charge in [0.1, 0.15) is 23.7 Å². The van der Waals surface area contributed by atoms with E-state index in [1.807, 2.05) is 36.4 Å². The maximum Gasteiger partial charge on any atom is 0.407 e. The predicted molar refractivity (Wildman–Crippen MR) is 182 cm³/mol. The molecule has 4 aliphatic rings. The molecule has 49 heavy (non-hydrogen) atoms. The SMILES string of the molecule is C=C[C@H]1C[C@]1(NC(=O)[C@@H]1C[C@@H]2CN1C(=O)[C@H](C(C)(C)C)NC(=O)OCCC/C=C/c1ccc3ccnc(c3c1)O2)C(=O)NS(=O)(=O)C1CC1. The number of pyridine rings is 1. The van der Waals surface area contributed by atoms with Crippen LogP contribution in [0.5, 0.6) is 5.88 Å². The highest BCUT2D eigenvalue weighted by molar-refractivity contribution is 7.91. The molecule has 1 aromatic heterocycles. The van der Waals surface area contributed by atoms with E-state index in [1.54, 1.807) is 27.0 Å². The summed E-state index contributed by atoms with van der Waals surface area (Å²) in [5.74, 6) is -2.18. The number of hydrogen-bond acceptors (Lipinski definition) is 9. The average Bonchev–Trinajstić information content (AvgIpc) is 3.97. The number of benzene rings is 1. The van der Waals surface area contributed by atoms with Gasteiger partial charge in [-0.15, -0.1) is 6.58 Å². The van der Waals surface area contributed by atoms with E-state index in [1.165, 1.54) is 11.0 Å². The number of nitrogens with zero attached hydrogens (tertiary/aromatic N) is 2. The van der Waals surface area contributed by atoms with E-state index in [2.05, 4.69) is 26.9 Å². The molecule has 0 unspecified atom stereocenters. The molecule has 4 bridgehead atoms. The third-order valence-electron chi connectivity index (χ3n) is 9.56. The Labute approximate surface area is 285 Å². The second-order valence-electron chi connectivity index (χ2n) is 14.4. The van der Waals surface area contributed by atoms with Crippen LogP contribution in [0.3, 0.4) is 0 Å². The number of nitrogens with one attached hydrogen (secondary N) is 3. The van der Waals surface area contributed by atoms with Crippen LogP contribution in [0.1, 0.15) is 64.9 Å². The van der Waals surface area contributed by atoms with Crippen LogP contribution < -0.4 is 20.1 Å². The van der Waals surface area contributed by atoms with E-state index >= 15 is 0 Å². The fourth-order valence-electron chi connectivity index (χ4n) is 6.47. The first kappa shape index (κ1) is 34.4. The van der Waals surface area contributed by atoms with E-state index in [-0.39, 0.29) is 26.0 Å². The molecule has 1 aromatic carbocycles. The first-order chi connectivity index (χ1) is 23.2. The minimum absolute atomic E-state index is 0.0158. The first-order valence-electron chi connectivity index (χ1n) is 16.7. The number of amides is 4. The van der Waals surface area contributed by atoms with Gasteiger partial charge in [0.2, 0.25) is 27.7 Å². The summed E-state index contributed by atoms with van der Waals surface area (Å²) < 4.78 is 39.3. The molecule has 3 heterocycles. The third-order valence-corrected chi connectivity index (χ3v) is 11.4. The van der Waals surface area contributed by atoms with Gasteiger partial charge in [-0.25, -0.2) is 18.2 Å². The van der Waals surface area contributed by atoms with Crippen LogP contribution in [0.2, 0.25) is 0 Å². The van der Waals surface area contributed by atoms with Crippen LogP contribution in [0.15, 0.2) is 49.2 Å². The first-order valence-corrected chi connectivity index (χ1v) is 18.2. The van der Waals surface area contributed by atoms with Gasteiger partial charge in [-0.3, -0.25) is 19.1 Å². The van der Waals surface area contributed by atoms with Crippen molar-refractivity contribution in [1.29, 1.82) is 0 Å². The van der Waals surface area contributed by atoms with Crippen molar-refractivity contribution < 1.29 is 37.1 Å². The smallest absolute Gasteiger partial charge is 0.407 e. The molecule has 3 N–H and O–H groups in total. The maximum absolute atomic E-state index is 14.4. The molecule has 0 radical (unpaired) electrons. The Kier molecular flexibility index (Phi) is 9.20. The molecular weight excluding hydrogens is 650 g/mol. The van der Waals surface area contributed by atoms with E-state index in [0.29, 0.717) is 31.6 Å². The van der Waals surface area contributed by atoms with Crippen molar-refractivity contribution in [3.05, 3.63) is 54.8 Å². The van der Waals surface area contributed by atoms with E-state index < -0.39 is 74.1 Å². The summed E-state index contributed by atoms with van der Waals surface area (Å²) in [5.41, 5.74) is -1.39. The minimum Gasteiger partial charge on any atom is -0.472 e. The van der Waals surface area contributed by atoms with Crippen molar-refractivity contribution in [3.8, 4) is 5.88 Å². The number of hydrogen-bond donors (Lipinski definition) is 3. The molecule has 2 aromatic rings. The van der Waals surface area contributed by atoms with Crippen LogP contribution in [0.25, 0.3) is 16.8 Å². The number of rotatable bonds is 6. The molecule has 4 amide bonds. The van der Waals surface area contributed by atoms with Crippen molar-refractivity contribution in [2.24, 2.45) is 11.3 Å². The average molecular weight is 694 g/mol. The fourth-order valence-corrected chi connectivity index (χ4v) is 7.83. The molecular formula is C35H43N5O8S. The second kappa shape index (κ2) is 13.1. The summed E-state index contributed by atoms with van der Waals surface area (Å²) in [7, 11) is -3.88. The topological polar surface area (TPSA) is 173 Å². The Hall–Kier alpha value is -4.46. The van der Waals surface area contributed by atoms with Crippen molar-refractivity contribution >= 4 is 50.7 Å². The van der Waals surface area contributed by atoms with E-state index in [9.17, 15) is 27.6 Å². The van der Waals surface area contributed by atoms with Gasteiger partial charge in [0, 0.05) is 23.9 Å². The lowest BCUT2D eigenvalue weighted by Crippen LogP contribution is -2.60. The van der Waals surface area contributed by atoms with Crippen LogP contribution in [0, 0.1) is 11.3 Å². The summed E-state index contributed by atoms with van der Waals surface area (Å²) in [6.07, 6.45) is 8.03. The molecule has 5 atom stereocenters. The number of cyclic esters (lactones) is 1. The number of carbonyl (C=O) groups is 4. The number of ether oxygens (including phenoxy) is 2. The maximum atomic E-state index is 14.4. The van der Waals surface area contributed by atoms with Gasteiger partial charge < -0.3 is 25.0 Å². The number of fused-ring (bicyclic) bond motifs is 3. The van der Waals surface area contributed by atoms with Crippen LogP contribution >= 0.6 is 0 Å². The lowest BCUT2D eigenvalue weighted by Gasteiger charge is -2.35. The minimum atomic E-state index is -3.88. The van der Waals surface area contributed by atoms with Gasteiger partial charge in [0.15, 0.2) is 0 Å². The van der Waals surface area contributed by atoms with Crippen LogP contribution in [-0.4, -0.2) is 84.2 Å². The number of aromatic nitrogens is 1. The quantitative estimate of drug-likeness (QED) is 0.384. The zero-order chi connectivity index (χ0) is 35.1. The summed E-state index contributed by atoms with van der Waals surface area (Å²) >= 11 is 0. The number of allylic oxidation sites excluding steroid dienone is 1. The molecule has 0 spiro atoms. The Morgan fingerprint density at radius 2 is 1.96 bits per heavy atom. The van der Waals surface area contributed by atoms with E-state index in [0.717, 1.165) is 16.3 Å². The Morgan fingerprint density at radius 1 is 1.18 bits per heavy atom. The fraction of sp³-hybridized carbons (Fsp3) is 0.514. The molecule has 2 aliphatic heterocycles. The van der Waals surface area contributed by atoms with E-state index in [4.69, 9.17) is 9.47 Å². The highest BCUT2D eigenvalue weighted by Crippen LogP contribution is 2.45. The second-order valence-corrected chi connectivity index (χ2v) is 16.3. The van der Waals surface area contributed by atoms with Crippen LogP contribution in [0.4, 0.5) is 4.79 Å². The highest BCUT2D eigenvalue weighted by Gasteiger charge is 2.62. The largest absolute Gasteiger partial charge is 0.472 e. The molecule has 3 fully saturated rings. The lowest BCUT2D eigenvalue weighted by atomic mass is 9.85. The lowest BCUT2D eigenvalue weighted by molar-refractivity contribution is -0.142. The van der Waals surface area contributed by atoms with Crippen molar-refractivity contribution in [1.82, 2.24) is 25.2 Å². The number of alkyl carbamates (subject to hydrolysis) is 1. The zero-order valence-corrected chi connectivity index (χ0v) is 28.8. The monoisotopic (exact) mass is 693 g/mol. The molecule has 2 saturated carbocycles. The van der Waals surface area contributed by atoms with Gasteiger partial charge in [-0.05, 0) is 60.6 Å². The van der Waals surface area contributed by atoms with Crippen LogP contribution in [-0.2, 0) is 29.1 Å². The number of carbonyl (C=O) groups excluding carboxylic acids is 4. The molecule has 14 heteroatoms.